The number of carbonyl (C=O) groups excluding carboxylic acids is 2. The van der Waals surface area contributed by atoms with Crippen LogP contribution in [0.5, 0.6) is 5.75 Å². The Kier molecular flexibility index (Phi) is 5.85. The summed E-state index contributed by atoms with van der Waals surface area (Å²) in [6, 6.07) is 6.47. The second-order valence-corrected chi connectivity index (χ2v) is 4.19. The van der Waals surface area contributed by atoms with E-state index in [0.29, 0.717) is 6.61 Å². The van der Waals surface area contributed by atoms with E-state index in [1.165, 1.54) is 0 Å². The molecule has 1 aromatic carbocycles. The maximum absolute atomic E-state index is 11.6. The second kappa shape index (κ2) is 7.41. The minimum Gasteiger partial charge on any atom is -0.508 e. The third kappa shape index (κ3) is 5.42. The van der Waals surface area contributed by atoms with E-state index in [9.17, 15) is 14.7 Å². The molecule has 1 aromatic rings. The number of hydrogen-bond donors (Lipinski definition) is 2. The molecule has 0 radical (unpaired) electrons. The number of aromatic hydroxyl groups is 1. The first kappa shape index (κ1) is 15.0. The molecule has 104 valence electrons. The van der Waals surface area contributed by atoms with Crippen LogP contribution in [0.1, 0.15) is 38.3 Å². The van der Waals surface area contributed by atoms with Crippen LogP contribution in [-0.2, 0) is 14.3 Å². The molecule has 1 atom stereocenters. The molecule has 0 aromatic heterocycles. The van der Waals surface area contributed by atoms with Crippen molar-refractivity contribution >= 4 is 11.9 Å². The molecule has 0 aliphatic heterocycles. The van der Waals surface area contributed by atoms with Gasteiger partial charge in [-0.1, -0.05) is 12.1 Å². The van der Waals surface area contributed by atoms with E-state index >= 15 is 0 Å². The first-order chi connectivity index (χ1) is 9.02. The molecule has 0 spiro atoms. The number of phenols is 1. The van der Waals surface area contributed by atoms with Crippen LogP contribution in [0.4, 0.5) is 0 Å². The number of esters is 1. The van der Waals surface area contributed by atoms with Crippen molar-refractivity contribution in [3.8, 4) is 5.75 Å². The maximum atomic E-state index is 11.6. The zero-order valence-corrected chi connectivity index (χ0v) is 11.2. The molecule has 1 amide bonds. The molecule has 0 saturated heterocycles. The summed E-state index contributed by atoms with van der Waals surface area (Å²) in [6.07, 6.45) is 0.175. The molecule has 0 saturated carbocycles. The topological polar surface area (TPSA) is 75.6 Å². The average molecular weight is 265 g/mol. The van der Waals surface area contributed by atoms with E-state index in [4.69, 9.17) is 4.74 Å². The lowest BCUT2D eigenvalue weighted by Gasteiger charge is -2.14. The Balaban J connectivity index is 2.42. The number of hydrogen-bond acceptors (Lipinski definition) is 4. The van der Waals surface area contributed by atoms with Gasteiger partial charge in [-0.05, 0) is 31.5 Å². The Bertz CT molecular complexity index is 445. The highest BCUT2D eigenvalue weighted by Crippen LogP contribution is 2.17. The highest BCUT2D eigenvalue weighted by molar-refractivity contribution is 5.81. The van der Waals surface area contributed by atoms with Crippen LogP contribution >= 0.6 is 0 Å². The molecule has 1 rings (SSSR count). The first-order valence-electron chi connectivity index (χ1n) is 6.26. The third-order valence-corrected chi connectivity index (χ3v) is 2.61. The van der Waals surface area contributed by atoms with Crippen molar-refractivity contribution in [2.45, 2.75) is 32.7 Å². The predicted molar refractivity (Wildman–Crippen MR) is 70.5 cm³/mol. The Morgan fingerprint density at radius 3 is 2.74 bits per heavy atom. The van der Waals surface area contributed by atoms with Crippen LogP contribution in [0.3, 0.4) is 0 Å². The molecule has 5 heteroatoms. The Morgan fingerprint density at radius 2 is 2.11 bits per heavy atom. The third-order valence-electron chi connectivity index (χ3n) is 2.61. The predicted octanol–water partition coefficient (Wildman–Crippen LogP) is 1.91. The molecule has 0 aliphatic rings. The van der Waals surface area contributed by atoms with Crippen LogP contribution in [0.15, 0.2) is 24.3 Å². The smallest absolute Gasteiger partial charge is 0.306 e. The second-order valence-electron chi connectivity index (χ2n) is 4.19. The number of nitrogens with one attached hydrogen (secondary N) is 1. The number of ether oxygens (including phenoxy) is 1. The summed E-state index contributed by atoms with van der Waals surface area (Å²) >= 11 is 0. The minimum absolute atomic E-state index is 0.0758. The van der Waals surface area contributed by atoms with E-state index in [1.807, 2.05) is 13.0 Å². The fourth-order valence-electron chi connectivity index (χ4n) is 1.64. The highest BCUT2D eigenvalue weighted by Gasteiger charge is 2.12. The Labute approximate surface area is 112 Å². The zero-order chi connectivity index (χ0) is 14.3. The van der Waals surface area contributed by atoms with E-state index in [0.717, 1.165) is 5.56 Å². The monoisotopic (exact) mass is 265 g/mol. The lowest BCUT2D eigenvalue weighted by Crippen LogP contribution is -2.27. The SMILES string of the molecule is CCOC(=O)CCC(=O)NC(C)c1cccc(O)c1. The fraction of sp³-hybridized carbons (Fsp3) is 0.429. The number of phenolic OH excluding ortho intramolecular Hbond substituents is 1. The quantitative estimate of drug-likeness (QED) is 0.770. The van der Waals surface area contributed by atoms with Crippen molar-refractivity contribution in [3.63, 3.8) is 0 Å². The summed E-state index contributed by atoms with van der Waals surface area (Å²) in [5, 5.41) is 12.1. The van der Waals surface area contributed by atoms with Gasteiger partial charge in [0.05, 0.1) is 19.1 Å². The number of carbonyl (C=O) groups is 2. The van der Waals surface area contributed by atoms with Crippen molar-refractivity contribution in [3.05, 3.63) is 29.8 Å². The largest absolute Gasteiger partial charge is 0.508 e. The standard InChI is InChI=1S/C14H19NO4/c1-3-19-14(18)8-7-13(17)15-10(2)11-5-4-6-12(16)9-11/h4-6,9-10,16H,3,7-8H2,1-2H3,(H,15,17). The molecule has 5 nitrogen and oxygen atoms in total. The van der Waals surface area contributed by atoms with Gasteiger partial charge in [0, 0.05) is 6.42 Å². The number of benzene rings is 1. The molecular formula is C14H19NO4. The number of rotatable bonds is 6. The van der Waals surface area contributed by atoms with Crippen LogP contribution in [-0.4, -0.2) is 23.6 Å². The summed E-state index contributed by atoms with van der Waals surface area (Å²) in [7, 11) is 0. The summed E-state index contributed by atoms with van der Waals surface area (Å²) < 4.78 is 4.75. The molecule has 2 N–H and O–H groups in total. The van der Waals surface area contributed by atoms with Crippen LogP contribution < -0.4 is 5.32 Å². The molecule has 0 bridgehead atoms. The molecule has 1 unspecified atom stereocenters. The molecular weight excluding hydrogens is 246 g/mol. The van der Waals surface area contributed by atoms with Gasteiger partial charge >= 0.3 is 5.97 Å². The Morgan fingerprint density at radius 1 is 1.37 bits per heavy atom. The normalized spacial score (nSPS) is 11.7. The van der Waals surface area contributed by atoms with Crippen LogP contribution in [0, 0.1) is 0 Å². The van der Waals surface area contributed by atoms with Gasteiger partial charge in [0.1, 0.15) is 5.75 Å². The van der Waals surface area contributed by atoms with E-state index in [2.05, 4.69) is 5.32 Å². The zero-order valence-electron chi connectivity index (χ0n) is 11.2. The van der Waals surface area contributed by atoms with E-state index in [1.54, 1.807) is 25.1 Å². The minimum atomic E-state index is -0.373. The van der Waals surface area contributed by atoms with Gasteiger partial charge in [-0.3, -0.25) is 9.59 Å². The molecule has 0 aliphatic carbocycles. The summed E-state index contributed by atoms with van der Waals surface area (Å²) in [4.78, 5) is 22.8. The van der Waals surface area contributed by atoms with Crippen molar-refractivity contribution in [2.75, 3.05) is 6.61 Å². The number of amides is 1. The fourth-order valence-corrected chi connectivity index (χ4v) is 1.64. The molecule has 19 heavy (non-hydrogen) atoms. The lowest BCUT2D eigenvalue weighted by molar-refractivity contribution is -0.144. The van der Waals surface area contributed by atoms with Gasteiger partial charge in [-0.15, -0.1) is 0 Å². The van der Waals surface area contributed by atoms with Gasteiger partial charge in [0.25, 0.3) is 0 Å². The van der Waals surface area contributed by atoms with Crippen LogP contribution in [0.2, 0.25) is 0 Å². The highest BCUT2D eigenvalue weighted by atomic mass is 16.5. The lowest BCUT2D eigenvalue weighted by atomic mass is 10.1. The molecule has 0 heterocycles. The summed E-state index contributed by atoms with van der Waals surface area (Å²) in [5.74, 6) is -0.434. The van der Waals surface area contributed by atoms with Crippen molar-refractivity contribution in [2.24, 2.45) is 0 Å². The Hall–Kier alpha value is -2.04. The van der Waals surface area contributed by atoms with Gasteiger partial charge < -0.3 is 15.2 Å². The average Bonchev–Trinajstić information content (AvgIpc) is 2.36. The van der Waals surface area contributed by atoms with Crippen molar-refractivity contribution in [1.82, 2.24) is 5.32 Å². The van der Waals surface area contributed by atoms with Gasteiger partial charge in [0.2, 0.25) is 5.91 Å². The van der Waals surface area contributed by atoms with Gasteiger partial charge in [-0.25, -0.2) is 0 Å². The van der Waals surface area contributed by atoms with Crippen molar-refractivity contribution < 1.29 is 19.4 Å². The summed E-state index contributed by atoms with van der Waals surface area (Å²) in [6.45, 7) is 3.86. The van der Waals surface area contributed by atoms with E-state index < -0.39 is 0 Å². The van der Waals surface area contributed by atoms with Gasteiger partial charge in [0.15, 0.2) is 0 Å². The van der Waals surface area contributed by atoms with E-state index in [-0.39, 0.29) is 36.5 Å². The van der Waals surface area contributed by atoms with Gasteiger partial charge in [-0.2, -0.15) is 0 Å². The van der Waals surface area contributed by atoms with Crippen molar-refractivity contribution in [1.29, 1.82) is 0 Å². The first-order valence-corrected chi connectivity index (χ1v) is 6.26. The summed E-state index contributed by atoms with van der Waals surface area (Å²) in [5.41, 5.74) is 0.810. The maximum Gasteiger partial charge on any atom is 0.306 e. The van der Waals surface area contributed by atoms with Crippen LogP contribution in [0.25, 0.3) is 0 Å². The molecule has 0 fully saturated rings.